The number of hydrogen-bond acceptors (Lipinski definition) is 1. The second kappa shape index (κ2) is 5.36. The minimum Gasteiger partial charge on any atom is -0.317 e. The molecule has 0 atom stereocenters. The highest BCUT2D eigenvalue weighted by atomic mass is 14.8. The molecule has 1 N–H and O–H groups in total. The molecule has 1 rings (SSSR count). The van der Waals surface area contributed by atoms with Gasteiger partial charge < -0.3 is 5.32 Å². The van der Waals surface area contributed by atoms with Gasteiger partial charge in [0.15, 0.2) is 0 Å². The summed E-state index contributed by atoms with van der Waals surface area (Å²) in [7, 11) is 0. The highest BCUT2D eigenvalue weighted by Gasteiger charge is 2.12. The first-order chi connectivity index (χ1) is 5.43. The van der Waals surface area contributed by atoms with Crippen LogP contribution in [0.3, 0.4) is 0 Å². The van der Waals surface area contributed by atoms with E-state index in [-0.39, 0.29) is 0 Å². The topological polar surface area (TPSA) is 12.0 Å². The summed E-state index contributed by atoms with van der Waals surface area (Å²) in [6, 6.07) is 0. The van der Waals surface area contributed by atoms with Crippen molar-refractivity contribution in [1.29, 1.82) is 0 Å². The second-order valence-corrected chi connectivity index (χ2v) is 3.26. The molecule has 0 spiro atoms. The Morgan fingerprint density at radius 1 is 1.45 bits per heavy atom. The third-order valence-electron chi connectivity index (χ3n) is 2.30. The maximum absolute atomic E-state index is 3.31. The number of hydrogen-bond donors (Lipinski definition) is 1. The zero-order valence-corrected chi connectivity index (χ0v) is 7.47. The van der Waals surface area contributed by atoms with Crippen LogP contribution >= 0.6 is 0 Å². The van der Waals surface area contributed by atoms with E-state index in [4.69, 9.17) is 0 Å². The largest absolute Gasteiger partial charge is 0.317 e. The smallest absolute Gasteiger partial charge is 0.00144 e. The Kier molecular flexibility index (Phi) is 4.29. The highest BCUT2D eigenvalue weighted by Crippen LogP contribution is 2.27. The van der Waals surface area contributed by atoms with E-state index in [1.54, 1.807) is 0 Å². The maximum atomic E-state index is 3.31. The van der Waals surface area contributed by atoms with Crippen LogP contribution in [0.5, 0.6) is 0 Å². The summed E-state index contributed by atoms with van der Waals surface area (Å²) in [4.78, 5) is 0. The van der Waals surface area contributed by atoms with E-state index >= 15 is 0 Å². The van der Waals surface area contributed by atoms with Crippen molar-refractivity contribution in [3.8, 4) is 0 Å². The van der Waals surface area contributed by atoms with Crippen molar-refractivity contribution >= 4 is 0 Å². The van der Waals surface area contributed by atoms with Crippen LogP contribution in [0.4, 0.5) is 0 Å². The molecule has 0 unspecified atom stereocenters. The predicted octanol–water partition coefficient (Wildman–Crippen LogP) is 2.34. The van der Waals surface area contributed by atoms with Crippen molar-refractivity contribution < 1.29 is 0 Å². The quantitative estimate of drug-likeness (QED) is 0.472. The summed E-state index contributed by atoms with van der Waals surface area (Å²) >= 11 is 0. The van der Waals surface area contributed by atoms with Gasteiger partial charge >= 0.3 is 0 Å². The van der Waals surface area contributed by atoms with Crippen LogP contribution in [0.1, 0.15) is 32.6 Å². The third kappa shape index (κ3) is 3.57. The van der Waals surface area contributed by atoms with Gasteiger partial charge in [-0.3, -0.25) is 0 Å². The van der Waals surface area contributed by atoms with Gasteiger partial charge in [0.1, 0.15) is 0 Å². The van der Waals surface area contributed by atoms with E-state index in [0.717, 1.165) is 19.0 Å². The Hall–Kier alpha value is -0.300. The van der Waals surface area contributed by atoms with Gasteiger partial charge in [-0.05, 0) is 38.3 Å². The van der Waals surface area contributed by atoms with Crippen molar-refractivity contribution in [3.05, 3.63) is 12.2 Å². The van der Waals surface area contributed by atoms with Crippen molar-refractivity contribution in [1.82, 2.24) is 5.32 Å². The number of nitrogens with one attached hydrogen (secondary N) is 1. The van der Waals surface area contributed by atoms with Crippen molar-refractivity contribution in [2.75, 3.05) is 13.1 Å². The predicted molar refractivity (Wildman–Crippen MR) is 49.6 cm³/mol. The van der Waals surface area contributed by atoms with Gasteiger partial charge in [0, 0.05) is 0 Å². The minimum atomic E-state index is 0.927. The van der Waals surface area contributed by atoms with Crippen LogP contribution < -0.4 is 5.32 Å². The summed E-state index contributed by atoms with van der Waals surface area (Å²) < 4.78 is 0. The Labute approximate surface area is 69.9 Å². The summed E-state index contributed by atoms with van der Waals surface area (Å²) in [5, 5.41) is 3.31. The van der Waals surface area contributed by atoms with E-state index in [1.807, 2.05) is 0 Å². The first-order valence-electron chi connectivity index (χ1n) is 4.81. The van der Waals surface area contributed by atoms with E-state index in [0.29, 0.717) is 0 Å². The molecule has 1 nitrogen and oxygen atoms in total. The van der Waals surface area contributed by atoms with Crippen molar-refractivity contribution in [3.63, 3.8) is 0 Å². The molecule has 1 saturated carbocycles. The fraction of sp³-hybridized carbons (Fsp3) is 0.800. The van der Waals surface area contributed by atoms with Crippen molar-refractivity contribution in [2.24, 2.45) is 5.92 Å². The van der Waals surface area contributed by atoms with Gasteiger partial charge in [-0.15, -0.1) is 0 Å². The van der Waals surface area contributed by atoms with Gasteiger partial charge in [-0.1, -0.05) is 25.5 Å². The summed E-state index contributed by atoms with van der Waals surface area (Å²) in [6.45, 7) is 4.38. The van der Waals surface area contributed by atoms with Crippen LogP contribution in [0.15, 0.2) is 12.2 Å². The zero-order valence-electron chi connectivity index (χ0n) is 7.47. The average molecular weight is 153 g/mol. The first kappa shape index (κ1) is 8.79. The minimum absolute atomic E-state index is 0.927. The van der Waals surface area contributed by atoms with Gasteiger partial charge in [0.2, 0.25) is 0 Å². The molecule has 1 aliphatic carbocycles. The lowest BCUT2D eigenvalue weighted by atomic mass is 9.85. The molecule has 0 saturated heterocycles. The molecular formula is C10H19N. The Morgan fingerprint density at radius 2 is 2.27 bits per heavy atom. The van der Waals surface area contributed by atoms with Crippen molar-refractivity contribution in [2.45, 2.75) is 32.6 Å². The molecule has 11 heavy (non-hydrogen) atoms. The fourth-order valence-corrected chi connectivity index (χ4v) is 1.28. The molecular weight excluding hydrogens is 134 g/mol. The molecule has 0 aliphatic heterocycles. The number of rotatable bonds is 5. The van der Waals surface area contributed by atoms with E-state index in [2.05, 4.69) is 24.4 Å². The molecule has 1 heteroatoms. The van der Waals surface area contributed by atoms with Gasteiger partial charge in [0.25, 0.3) is 0 Å². The number of allylic oxidation sites excluding steroid dienone is 1. The second-order valence-electron chi connectivity index (χ2n) is 3.26. The molecule has 0 heterocycles. The molecule has 1 aliphatic rings. The Bertz CT molecular complexity index is 114. The van der Waals surface area contributed by atoms with Crippen LogP contribution in [0, 0.1) is 5.92 Å². The normalized spacial score (nSPS) is 19.0. The molecule has 0 bridgehead atoms. The summed E-state index contributed by atoms with van der Waals surface area (Å²) in [5.41, 5.74) is 0. The lowest BCUT2D eigenvalue weighted by molar-refractivity contribution is 0.387. The van der Waals surface area contributed by atoms with Crippen LogP contribution in [-0.4, -0.2) is 13.1 Å². The molecule has 0 aromatic carbocycles. The van der Waals surface area contributed by atoms with Gasteiger partial charge in [-0.2, -0.15) is 0 Å². The zero-order chi connectivity index (χ0) is 7.94. The fourth-order valence-electron chi connectivity index (χ4n) is 1.28. The SMILES string of the molecule is CCNCC/C=C/C1CCC1. The molecule has 64 valence electrons. The first-order valence-corrected chi connectivity index (χ1v) is 4.81. The van der Waals surface area contributed by atoms with Gasteiger partial charge in [0.05, 0.1) is 0 Å². The highest BCUT2D eigenvalue weighted by molar-refractivity contribution is 4.92. The standard InChI is InChI=1S/C10H19N/c1-2-11-9-4-3-6-10-7-5-8-10/h3,6,10-11H,2,4-5,7-9H2,1H3/b6-3+. The van der Waals surface area contributed by atoms with E-state index < -0.39 is 0 Å². The monoisotopic (exact) mass is 153 g/mol. The lowest BCUT2D eigenvalue weighted by Crippen LogP contribution is -2.13. The lowest BCUT2D eigenvalue weighted by Gasteiger charge is -2.21. The summed E-state index contributed by atoms with van der Waals surface area (Å²) in [5.74, 6) is 0.927. The molecule has 0 amide bonds. The van der Waals surface area contributed by atoms with Gasteiger partial charge in [-0.25, -0.2) is 0 Å². The van der Waals surface area contributed by atoms with Crippen LogP contribution in [0.2, 0.25) is 0 Å². The Balaban J connectivity index is 1.88. The van der Waals surface area contributed by atoms with E-state index in [9.17, 15) is 0 Å². The van der Waals surface area contributed by atoms with Crippen LogP contribution in [-0.2, 0) is 0 Å². The molecule has 0 aromatic rings. The Morgan fingerprint density at radius 3 is 2.82 bits per heavy atom. The molecule has 1 fully saturated rings. The third-order valence-corrected chi connectivity index (χ3v) is 2.30. The molecule has 0 aromatic heterocycles. The van der Waals surface area contributed by atoms with Crippen LogP contribution in [0.25, 0.3) is 0 Å². The maximum Gasteiger partial charge on any atom is -0.00144 e. The van der Waals surface area contributed by atoms with E-state index in [1.165, 1.54) is 25.7 Å². The average Bonchev–Trinajstić information content (AvgIpc) is 1.93. The molecule has 0 radical (unpaired) electrons. The summed E-state index contributed by atoms with van der Waals surface area (Å²) in [6.07, 6.45) is 10.2.